The molecule has 6 heteroatoms. The molecule has 22 heavy (non-hydrogen) atoms. The Labute approximate surface area is 129 Å². The van der Waals surface area contributed by atoms with E-state index in [0.29, 0.717) is 5.56 Å². The number of thioether (sulfide) groups is 1. The minimum Gasteiger partial charge on any atom is -0.295 e. The van der Waals surface area contributed by atoms with E-state index in [2.05, 4.69) is 0 Å². The Morgan fingerprint density at radius 3 is 2.45 bits per heavy atom. The van der Waals surface area contributed by atoms with Crippen LogP contribution in [0.1, 0.15) is 16.5 Å². The Hall–Kier alpha value is -1.95. The van der Waals surface area contributed by atoms with E-state index >= 15 is 0 Å². The third-order valence-corrected chi connectivity index (χ3v) is 4.78. The summed E-state index contributed by atoms with van der Waals surface area (Å²) in [6, 6.07) is 7.69. The topological polar surface area (TPSA) is 20.3 Å². The molecule has 0 radical (unpaired) electrons. The number of nitrogens with zero attached hydrogens (tertiary/aromatic N) is 1. The summed E-state index contributed by atoms with van der Waals surface area (Å²) in [5, 5.41) is -0.423. The first-order valence-corrected chi connectivity index (χ1v) is 7.67. The van der Waals surface area contributed by atoms with E-state index in [0.717, 1.165) is 12.1 Å². The van der Waals surface area contributed by atoms with E-state index < -0.39 is 17.0 Å². The maximum Gasteiger partial charge on any atom is 0.238 e. The molecule has 2 aromatic carbocycles. The van der Waals surface area contributed by atoms with Gasteiger partial charge in [-0.3, -0.25) is 9.69 Å². The van der Waals surface area contributed by atoms with Crippen LogP contribution in [0.4, 0.5) is 18.9 Å². The number of carbonyl (C=O) groups is 1. The summed E-state index contributed by atoms with van der Waals surface area (Å²) in [6.45, 7) is 1.50. The number of anilines is 1. The first-order chi connectivity index (χ1) is 10.5. The standard InChI is InChI=1S/C16H12F3NOS/c1-9-13(19)6-12(18)7-14(9)20-15(21)8-22-16(20)10-2-4-11(17)5-3-10/h2-7,16H,8H2,1H3. The molecule has 0 N–H and O–H groups in total. The molecule has 0 aromatic heterocycles. The Morgan fingerprint density at radius 1 is 1.09 bits per heavy atom. The van der Waals surface area contributed by atoms with Crippen LogP contribution in [0, 0.1) is 24.4 Å². The zero-order valence-corrected chi connectivity index (χ0v) is 12.5. The number of hydrogen-bond donors (Lipinski definition) is 0. The lowest BCUT2D eigenvalue weighted by Gasteiger charge is -2.26. The fourth-order valence-corrected chi connectivity index (χ4v) is 3.61. The van der Waals surface area contributed by atoms with Crippen LogP contribution >= 0.6 is 11.8 Å². The highest BCUT2D eigenvalue weighted by atomic mass is 32.2. The summed E-state index contributed by atoms with van der Waals surface area (Å²) in [5.41, 5.74) is 1.13. The van der Waals surface area contributed by atoms with Crippen LogP contribution in [-0.2, 0) is 4.79 Å². The summed E-state index contributed by atoms with van der Waals surface area (Å²) >= 11 is 1.34. The van der Waals surface area contributed by atoms with Crippen molar-refractivity contribution in [2.75, 3.05) is 10.7 Å². The van der Waals surface area contributed by atoms with Crippen LogP contribution in [0.15, 0.2) is 36.4 Å². The Kier molecular flexibility index (Phi) is 3.87. The molecule has 1 saturated heterocycles. The maximum atomic E-state index is 13.8. The van der Waals surface area contributed by atoms with Crippen LogP contribution in [0.3, 0.4) is 0 Å². The van der Waals surface area contributed by atoms with Gasteiger partial charge in [-0.15, -0.1) is 11.8 Å². The predicted molar refractivity (Wildman–Crippen MR) is 80.2 cm³/mol. The molecular formula is C16H12F3NOS. The van der Waals surface area contributed by atoms with Gasteiger partial charge in [-0.2, -0.15) is 0 Å². The van der Waals surface area contributed by atoms with Gasteiger partial charge >= 0.3 is 0 Å². The van der Waals surface area contributed by atoms with Gasteiger partial charge in [0, 0.05) is 11.6 Å². The highest BCUT2D eigenvalue weighted by Crippen LogP contribution is 2.43. The van der Waals surface area contributed by atoms with Gasteiger partial charge in [-0.05, 0) is 30.7 Å². The van der Waals surface area contributed by atoms with Gasteiger partial charge < -0.3 is 0 Å². The van der Waals surface area contributed by atoms with Crippen LogP contribution in [-0.4, -0.2) is 11.7 Å². The molecule has 0 saturated carbocycles. The minimum atomic E-state index is -0.736. The van der Waals surface area contributed by atoms with Crippen molar-refractivity contribution in [2.45, 2.75) is 12.3 Å². The van der Waals surface area contributed by atoms with Crippen molar-refractivity contribution in [1.82, 2.24) is 0 Å². The fourth-order valence-electron chi connectivity index (χ4n) is 2.44. The highest BCUT2D eigenvalue weighted by Gasteiger charge is 2.35. The summed E-state index contributed by atoms with van der Waals surface area (Å²) in [5.74, 6) is -1.83. The molecule has 1 heterocycles. The molecule has 2 aromatic rings. The van der Waals surface area contributed by atoms with Gasteiger partial charge in [0.2, 0.25) is 5.91 Å². The second-order valence-corrected chi connectivity index (χ2v) is 6.08. The molecule has 1 aliphatic heterocycles. The van der Waals surface area contributed by atoms with Gasteiger partial charge in [0.25, 0.3) is 0 Å². The molecule has 2 nitrogen and oxygen atoms in total. The van der Waals surface area contributed by atoms with Crippen LogP contribution in [0.2, 0.25) is 0 Å². The van der Waals surface area contributed by atoms with Gasteiger partial charge in [0.1, 0.15) is 22.8 Å². The second-order valence-electron chi connectivity index (χ2n) is 5.01. The van der Waals surface area contributed by atoms with Gasteiger partial charge in [-0.25, -0.2) is 13.2 Å². The molecule has 1 atom stereocenters. The molecule has 1 amide bonds. The van der Waals surface area contributed by atoms with Gasteiger partial charge in [0.05, 0.1) is 11.4 Å². The average Bonchev–Trinajstić information content (AvgIpc) is 2.85. The summed E-state index contributed by atoms with van der Waals surface area (Å²) in [4.78, 5) is 13.6. The predicted octanol–water partition coefficient (Wildman–Crippen LogP) is 4.19. The number of carbonyl (C=O) groups excluding carboxylic acids is 1. The minimum absolute atomic E-state index is 0.208. The van der Waals surface area contributed by atoms with E-state index in [1.807, 2.05) is 0 Å². The van der Waals surface area contributed by atoms with Crippen LogP contribution in [0.25, 0.3) is 0 Å². The first kappa shape index (κ1) is 15.0. The number of halogens is 3. The molecule has 0 bridgehead atoms. The second kappa shape index (κ2) is 5.68. The van der Waals surface area contributed by atoms with E-state index in [1.54, 1.807) is 12.1 Å². The highest BCUT2D eigenvalue weighted by molar-refractivity contribution is 8.00. The SMILES string of the molecule is Cc1c(F)cc(F)cc1N1C(=O)CSC1c1ccc(F)cc1. The monoisotopic (exact) mass is 323 g/mol. The Balaban J connectivity index is 2.07. The quantitative estimate of drug-likeness (QED) is 0.826. The first-order valence-electron chi connectivity index (χ1n) is 6.62. The van der Waals surface area contributed by atoms with Crippen LogP contribution < -0.4 is 4.90 Å². The van der Waals surface area contributed by atoms with Crippen LogP contribution in [0.5, 0.6) is 0 Å². The van der Waals surface area contributed by atoms with Crippen molar-refractivity contribution in [2.24, 2.45) is 0 Å². The summed E-state index contributed by atoms with van der Waals surface area (Å²) in [6.07, 6.45) is 0. The third-order valence-electron chi connectivity index (χ3n) is 3.56. The maximum absolute atomic E-state index is 13.8. The number of amides is 1. The summed E-state index contributed by atoms with van der Waals surface area (Å²) < 4.78 is 40.4. The largest absolute Gasteiger partial charge is 0.295 e. The molecule has 1 unspecified atom stereocenters. The number of benzene rings is 2. The van der Waals surface area contributed by atoms with Crippen molar-refractivity contribution in [1.29, 1.82) is 0 Å². The van der Waals surface area contributed by atoms with Crippen molar-refractivity contribution in [3.63, 3.8) is 0 Å². The normalized spacial score (nSPS) is 18.1. The third kappa shape index (κ3) is 2.59. The number of hydrogen-bond acceptors (Lipinski definition) is 2. The van der Waals surface area contributed by atoms with E-state index in [9.17, 15) is 18.0 Å². The lowest BCUT2D eigenvalue weighted by Crippen LogP contribution is -2.29. The molecule has 1 fully saturated rings. The van der Waals surface area contributed by atoms with E-state index in [-0.39, 0.29) is 28.7 Å². The van der Waals surface area contributed by atoms with Crippen molar-refractivity contribution in [3.8, 4) is 0 Å². The van der Waals surface area contributed by atoms with Crippen molar-refractivity contribution < 1.29 is 18.0 Å². The van der Waals surface area contributed by atoms with Crippen molar-refractivity contribution >= 4 is 23.4 Å². The molecule has 0 spiro atoms. The van der Waals surface area contributed by atoms with E-state index in [4.69, 9.17) is 0 Å². The molecule has 114 valence electrons. The molecule has 0 aliphatic carbocycles. The lowest BCUT2D eigenvalue weighted by molar-refractivity contribution is -0.115. The summed E-state index contributed by atoms with van der Waals surface area (Å²) in [7, 11) is 0. The van der Waals surface area contributed by atoms with E-state index in [1.165, 1.54) is 35.7 Å². The van der Waals surface area contributed by atoms with Gasteiger partial charge in [0.15, 0.2) is 0 Å². The average molecular weight is 323 g/mol. The molecule has 1 aliphatic rings. The Bertz CT molecular complexity index is 733. The smallest absolute Gasteiger partial charge is 0.238 e. The molecule has 3 rings (SSSR count). The zero-order valence-electron chi connectivity index (χ0n) is 11.6. The number of rotatable bonds is 2. The van der Waals surface area contributed by atoms with Crippen molar-refractivity contribution in [3.05, 3.63) is 65.0 Å². The Morgan fingerprint density at radius 2 is 1.77 bits per heavy atom. The fraction of sp³-hybridized carbons (Fsp3) is 0.188. The molecular weight excluding hydrogens is 311 g/mol. The zero-order chi connectivity index (χ0) is 15.9. The van der Waals surface area contributed by atoms with Gasteiger partial charge in [-0.1, -0.05) is 12.1 Å². The lowest BCUT2D eigenvalue weighted by atomic mass is 10.1.